The summed E-state index contributed by atoms with van der Waals surface area (Å²) in [5.41, 5.74) is 8.10. The van der Waals surface area contributed by atoms with Crippen LogP contribution in [-0.4, -0.2) is 30.6 Å². The van der Waals surface area contributed by atoms with Gasteiger partial charge in [-0.1, -0.05) is 12.0 Å². The minimum atomic E-state index is 0.605. The van der Waals surface area contributed by atoms with E-state index < -0.39 is 0 Å². The van der Waals surface area contributed by atoms with Gasteiger partial charge in [0.25, 0.3) is 0 Å². The summed E-state index contributed by atoms with van der Waals surface area (Å²) < 4.78 is 0. The molecule has 12 heavy (non-hydrogen) atoms. The summed E-state index contributed by atoms with van der Waals surface area (Å²) in [5.74, 6) is 0.797. The molecule has 0 bridgehead atoms. The van der Waals surface area contributed by atoms with Crippen LogP contribution in [0.5, 0.6) is 0 Å². The fourth-order valence-corrected chi connectivity index (χ4v) is 1.92. The highest BCUT2D eigenvalue weighted by atomic mass is 15.2. The highest BCUT2D eigenvalue weighted by Gasteiger charge is 2.24. The van der Waals surface area contributed by atoms with Crippen LogP contribution in [0.3, 0.4) is 0 Å². The molecule has 1 fully saturated rings. The second kappa shape index (κ2) is 4.33. The molecule has 0 aromatic heterocycles. The molecule has 0 saturated carbocycles. The van der Waals surface area contributed by atoms with E-state index in [2.05, 4.69) is 28.8 Å². The molecule has 1 aliphatic heterocycles. The van der Waals surface area contributed by atoms with Crippen molar-refractivity contribution < 1.29 is 0 Å². The number of nitrogens with zero attached hydrogens (tertiary/aromatic N) is 4. The summed E-state index contributed by atoms with van der Waals surface area (Å²) >= 11 is 0. The zero-order valence-electron chi connectivity index (χ0n) is 7.77. The van der Waals surface area contributed by atoms with Crippen molar-refractivity contribution in [3.05, 3.63) is 10.4 Å². The first-order valence-corrected chi connectivity index (χ1v) is 4.49. The van der Waals surface area contributed by atoms with Crippen LogP contribution < -0.4 is 0 Å². The Hall–Kier alpha value is -0.730. The molecular weight excluding hydrogens is 152 g/mol. The molecule has 0 aromatic carbocycles. The molecule has 1 rings (SSSR count). The topological polar surface area (TPSA) is 52.0 Å². The molecule has 0 aliphatic carbocycles. The molecule has 1 heterocycles. The number of azide groups is 1. The van der Waals surface area contributed by atoms with Crippen LogP contribution in [0, 0.1) is 5.92 Å². The molecule has 0 N–H and O–H groups in total. The SMILES string of the molecule is CC1CC(C)N(CCN=[N+]=[N-])C1. The van der Waals surface area contributed by atoms with Crippen molar-refractivity contribution in [3.8, 4) is 0 Å². The van der Waals surface area contributed by atoms with E-state index in [4.69, 9.17) is 5.53 Å². The van der Waals surface area contributed by atoms with Gasteiger partial charge in [0.1, 0.15) is 0 Å². The van der Waals surface area contributed by atoms with Gasteiger partial charge in [0.15, 0.2) is 0 Å². The van der Waals surface area contributed by atoms with Gasteiger partial charge in [-0.05, 0) is 24.8 Å². The van der Waals surface area contributed by atoms with Gasteiger partial charge in [-0.25, -0.2) is 0 Å². The maximum absolute atomic E-state index is 8.10. The summed E-state index contributed by atoms with van der Waals surface area (Å²) in [6.07, 6.45) is 1.27. The normalized spacial score (nSPS) is 30.2. The van der Waals surface area contributed by atoms with Crippen LogP contribution in [0.25, 0.3) is 10.4 Å². The third-order valence-corrected chi connectivity index (χ3v) is 2.46. The molecule has 4 heteroatoms. The summed E-state index contributed by atoms with van der Waals surface area (Å²) in [6, 6.07) is 0.661. The Labute approximate surface area is 73.2 Å². The molecule has 1 aliphatic rings. The molecular formula is C8H16N4. The van der Waals surface area contributed by atoms with E-state index in [-0.39, 0.29) is 0 Å². The van der Waals surface area contributed by atoms with Crippen molar-refractivity contribution in [2.45, 2.75) is 26.3 Å². The molecule has 68 valence electrons. The van der Waals surface area contributed by atoms with Gasteiger partial charge >= 0.3 is 0 Å². The molecule has 0 spiro atoms. The first-order valence-electron chi connectivity index (χ1n) is 4.49. The second-order valence-corrected chi connectivity index (χ2v) is 3.64. The Balaban J connectivity index is 2.27. The van der Waals surface area contributed by atoms with Crippen LogP contribution in [0.15, 0.2) is 5.11 Å². The molecule has 0 aromatic rings. The Morgan fingerprint density at radius 1 is 1.58 bits per heavy atom. The van der Waals surface area contributed by atoms with E-state index in [0.29, 0.717) is 12.6 Å². The molecule has 0 radical (unpaired) electrons. The van der Waals surface area contributed by atoms with Gasteiger partial charge in [-0.15, -0.1) is 0 Å². The fraction of sp³-hybridized carbons (Fsp3) is 1.00. The largest absolute Gasteiger partial charge is 0.300 e. The van der Waals surface area contributed by atoms with Gasteiger partial charge in [-0.3, -0.25) is 0 Å². The lowest BCUT2D eigenvalue weighted by atomic mass is 10.1. The van der Waals surface area contributed by atoms with Crippen molar-refractivity contribution in [2.75, 3.05) is 19.6 Å². The lowest BCUT2D eigenvalue weighted by Crippen LogP contribution is -2.29. The number of likely N-dealkylation sites (tertiary alicyclic amines) is 1. The van der Waals surface area contributed by atoms with Gasteiger partial charge in [0.05, 0.1) is 0 Å². The number of hydrogen-bond acceptors (Lipinski definition) is 2. The lowest BCUT2D eigenvalue weighted by molar-refractivity contribution is 0.273. The van der Waals surface area contributed by atoms with Gasteiger partial charge in [-0.2, -0.15) is 0 Å². The van der Waals surface area contributed by atoms with E-state index in [1.807, 2.05) is 0 Å². The summed E-state index contributed by atoms with van der Waals surface area (Å²) in [4.78, 5) is 5.13. The smallest absolute Gasteiger partial charge is 0.0385 e. The van der Waals surface area contributed by atoms with Crippen LogP contribution in [0.2, 0.25) is 0 Å². The van der Waals surface area contributed by atoms with E-state index in [1.165, 1.54) is 6.42 Å². The zero-order chi connectivity index (χ0) is 8.97. The standard InChI is InChI=1S/C8H16N4/c1-7-5-8(2)12(6-7)4-3-10-11-9/h7-8H,3-6H2,1-2H3. The Bertz CT molecular complexity index is 185. The lowest BCUT2D eigenvalue weighted by Gasteiger charge is -2.19. The molecule has 0 amide bonds. The minimum absolute atomic E-state index is 0.605. The van der Waals surface area contributed by atoms with Gasteiger partial charge in [0, 0.05) is 30.6 Å². The predicted molar refractivity (Wildman–Crippen MR) is 48.8 cm³/mol. The van der Waals surface area contributed by atoms with Gasteiger partial charge < -0.3 is 4.90 Å². The molecule has 2 atom stereocenters. The van der Waals surface area contributed by atoms with Crippen LogP contribution in [-0.2, 0) is 0 Å². The quantitative estimate of drug-likeness (QED) is 0.361. The van der Waals surface area contributed by atoms with Crippen LogP contribution >= 0.6 is 0 Å². The maximum atomic E-state index is 8.10. The fourth-order valence-electron chi connectivity index (χ4n) is 1.92. The average Bonchev–Trinajstić information content (AvgIpc) is 2.31. The van der Waals surface area contributed by atoms with E-state index in [1.54, 1.807) is 0 Å². The van der Waals surface area contributed by atoms with Crippen molar-refractivity contribution in [1.82, 2.24) is 4.90 Å². The first kappa shape index (κ1) is 9.36. The van der Waals surface area contributed by atoms with Crippen molar-refractivity contribution >= 4 is 0 Å². The maximum Gasteiger partial charge on any atom is 0.0385 e. The third kappa shape index (κ3) is 2.40. The first-order chi connectivity index (χ1) is 5.74. The minimum Gasteiger partial charge on any atom is -0.300 e. The average molecular weight is 168 g/mol. The zero-order valence-corrected chi connectivity index (χ0v) is 7.77. The molecule has 4 nitrogen and oxygen atoms in total. The number of hydrogen-bond donors (Lipinski definition) is 0. The van der Waals surface area contributed by atoms with Crippen molar-refractivity contribution in [1.29, 1.82) is 0 Å². The summed E-state index contributed by atoms with van der Waals surface area (Å²) in [7, 11) is 0. The van der Waals surface area contributed by atoms with Crippen LogP contribution in [0.1, 0.15) is 20.3 Å². The molecule has 1 saturated heterocycles. The predicted octanol–water partition coefficient (Wildman–Crippen LogP) is 2.03. The summed E-state index contributed by atoms with van der Waals surface area (Å²) in [6.45, 7) is 7.18. The van der Waals surface area contributed by atoms with Crippen molar-refractivity contribution in [2.24, 2.45) is 11.0 Å². The van der Waals surface area contributed by atoms with E-state index in [0.717, 1.165) is 19.0 Å². The highest BCUT2D eigenvalue weighted by Crippen LogP contribution is 2.21. The van der Waals surface area contributed by atoms with Gasteiger partial charge in [0.2, 0.25) is 0 Å². The van der Waals surface area contributed by atoms with E-state index in [9.17, 15) is 0 Å². The van der Waals surface area contributed by atoms with E-state index >= 15 is 0 Å². The second-order valence-electron chi connectivity index (χ2n) is 3.64. The highest BCUT2D eigenvalue weighted by molar-refractivity contribution is 4.80. The monoisotopic (exact) mass is 168 g/mol. The Morgan fingerprint density at radius 2 is 2.33 bits per heavy atom. The molecule has 2 unspecified atom stereocenters. The summed E-state index contributed by atoms with van der Waals surface area (Å²) in [5, 5.41) is 3.53. The van der Waals surface area contributed by atoms with Crippen molar-refractivity contribution in [3.63, 3.8) is 0 Å². The van der Waals surface area contributed by atoms with Crippen LogP contribution in [0.4, 0.5) is 0 Å². The number of rotatable bonds is 3. The Morgan fingerprint density at radius 3 is 2.83 bits per heavy atom. The Kier molecular flexibility index (Phi) is 3.38. The third-order valence-electron chi connectivity index (χ3n) is 2.46.